The van der Waals surface area contributed by atoms with Crippen molar-refractivity contribution in [1.82, 2.24) is 10.2 Å². The van der Waals surface area contributed by atoms with Gasteiger partial charge in [0.25, 0.3) is 0 Å². The van der Waals surface area contributed by atoms with E-state index in [1.807, 2.05) is 0 Å². The maximum atomic E-state index is 13.1. The SMILES string of the molecule is O=C(Nc1ccc(F)cc1)N1CCC(CNC(=O)C23CC4CC(CC(C4)C2)C3)CC1. The molecule has 162 valence electrons. The normalized spacial score (nSPS) is 32.8. The first-order valence-corrected chi connectivity index (χ1v) is 11.6. The van der Waals surface area contributed by atoms with Gasteiger partial charge in [-0.3, -0.25) is 4.79 Å². The highest BCUT2D eigenvalue weighted by Gasteiger charge is 2.54. The van der Waals surface area contributed by atoms with Gasteiger partial charge in [-0.2, -0.15) is 0 Å². The average molecular weight is 414 g/mol. The molecular weight excluding hydrogens is 381 g/mol. The number of carbonyl (C=O) groups excluding carboxylic acids is 2. The number of piperidine rings is 1. The van der Waals surface area contributed by atoms with Crippen molar-refractivity contribution >= 4 is 17.6 Å². The van der Waals surface area contributed by atoms with Crippen LogP contribution in [0.2, 0.25) is 0 Å². The van der Waals surface area contributed by atoms with Crippen LogP contribution < -0.4 is 10.6 Å². The number of nitrogens with one attached hydrogen (secondary N) is 2. The number of nitrogens with zero attached hydrogens (tertiary/aromatic N) is 1. The van der Waals surface area contributed by atoms with Gasteiger partial charge in [0.05, 0.1) is 0 Å². The third-order valence-electron chi connectivity index (χ3n) is 8.07. The Labute approximate surface area is 177 Å². The van der Waals surface area contributed by atoms with E-state index in [1.54, 1.807) is 17.0 Å². The molecule has 30 heavy (non-hydrogen) atoms. The zero-order chi connectivity index (χ0) is 20.7. The van der Waals surface area contributed by atoms with Gasteiger partial charge in [-0.05, 0) is 99.3 Å². The summed E-state index contributed by atoms with van der Waals surface area (Å²) in [5, 5.41) is 6.13. The van der Waals surface area contributed by atoms with Crippen molar-refractivity contribution in [3.05, 3.63) is 30.1 Å². The highest BCUT2D eigenvalue weighted by molar-refractivity contribution is 5.89. The number of likely N-dealkylation sites (tertiary alicyclic amines) is 1. The summed E-state index contributed by atoms with van der Waals surface area (Å²) >= 11 is 0. The molecule has 5 fully saturated rings. The quantitative estimate of drug-likeness (QED) is 0.768. The number of benzene rings is 1. The van der Waals surface area contributed by atoms with Crippen LogP contribution in [0, 0.1) is 34.9 Å². The number of anilines is 1. The van der Waals surface area contributed by atoms with Crippen molar-refractivity contribution in [3.8, 4) is 0 Å². The summed E-state index contributed by atoms with van der Waals surface area (Å²) in [5.74, 6) is 2.76. The lowest BCUT2D eigenvalue weighted by Gasteiger charge is -2.55. The second-order valence-corrected chi connectivity index (χ2v) is 10.3. The Morgan fingerprint density at radius 1 is 0.967 bits per heavy atom. The van der Waals surface area contributed by atoms with Crippen molar-refractivity contribution in [2.45, 2.75) is 51.4 Å². The minimum absolute atomic E-state index is 0.0789. The van der Waals surface area contributed by atoms with E-state index < -0.39 is 0 Å². The van der Waals surface area contributed by atoms with Gasteiger partial charge in [-0.25, -0.2) is 9.18 Å². The lowest BCUT2D eigenvalue weighted by atomic mass is 9.49. The fraction of sp³-hybridized carbons (Fsp3) is 0.667. The molecule has 6 rings (SSSR count). The van der Waals surface area contributed by atoms with Crippen LogP contribution in [-0.4, -0.2) is 36.5 Å². The molecule has 6 heteroatoms. The van der Waals surface area contributed by atoms with E-state index in [2.05, 4.69) is 10.6 Å². The Bertz CT molecular complexity index is 766. The van der Waals surface area contributed by atoms with E-state index in [4.69, 9.17) is 0 Å². The minimum Gasteiger partial charge on any atom is -0.355 e. The summed E-state index contributed by atoms with van der Waals surface area (Å²) in [6, 6.07) is 5.68. The van der Waals surface area contributed by atoms with Crippen molar-refractivity contribution in [1.29, 1.82) is 0 Å². The van der Waals surface area contributed by atoms with Gasteiger partial charge in [-0.1, -0.05) is 0 Å². The standard InChI is InChI=1S/C24H32FN3O2/c25-20-1-3-21(4-2-20)27-23(30)28-7-5-16(6-8-28)15-26-22(29)24-12-17-9-18(13-24)11-19(10-17)14-24/h1-4,16-19H,5-15H2,(H,26,29)(H,27,30). The Morgan fingerprint density at radius 2 is 1.53 bits per heavy atom. The van der Waals surface area contributed by atoms with Crippen LogP contribution in [0.4, 0.5) is 14.9 Å². The number of halogens is 1. The summed E-state index contributed by atoms with van der Waals surface area (Å²) in [4.78, 5) is 27.4. The van der Waals surface area contributed by atoms with Gasteiger partial charge in [0, 0.05) is 30.7 Å². The highest BCUT2D eigenvalue weighted by Crippen LogP contribution is 2.60. The van der Waals surface area contributed by atoms with Crippen LogP contribution in [-0.2, 0) is 4.79 Å². The van der Waals surface area contributed by atoms with E-state index in [-0.39, 0.29) is 17.3 Å². The molecular formula is C24H32FN3O2. The van der Waals surface area contributed by atoms with Crippen molar-refractivity contribution in [2.75, 3.05) is 25.0 Å². The second kappa shape index (κ2) is 7.86. The third kappa shape index (κ3) is 3.93. The molecule has 0 aromatic heterocycles. The molecule has 0 radical (unpaired) electrons. The number of rotatable bonds is 4. The monoisotopic (exact) mass is 413 g/mol. The van der Waals surface area contributed by atoms with Gasteiger partial charge in [0.1, 0.15) is 5.82 Å². The molecule has 5 aliphatic rings. The highest BCUT2D eigenvalue weighted by atomic mass is 19.1. The first-order valence-electron chi connectivity index (χ1n) is 11.6. The maximum absolute atomic E-state index is 13.1. The Balaban J connectivity index is 1.08. The number of urea groups is 1. The first kappa shape index (κ1) is 19.8. The molecule has 4 bridgehead atoms. The number of amides is 3. The predicted molar refractivity (Wildman–Crippen MR) is 113 cm³/mol. The molecule has 0 atom stereocenters. The largest absolute Gasteiger partial charge is 0.355 e. The Morgan fingerprint density at radius 3 is 2.10 bits per heavy atom. The molecule has 4 aliphatic carbocycles. The minimum atomic E-state index is -0.315. The van der Waals surface area contributed by atoms with E-state index in [0.717, 1.165) is 56.4 Å². The molecule has 1 heterocycles. The first-order chi connectivity index (χ1) is 14.5. The van der Waals surface area contributed by atoms with Crippen molar-refractivity contribution < 1.29 is 14.0 Å². The second-order valence-electron chi connectivity index (χ2n) is 10.3. The zero-order valence-corrected chi connectivity index (χ0v) is 17.5. The molecule has 2 N–H and O–H groups in total. The van der Waals surface area contributed by atoms with Crippen molar-refractivity contribution in [2.24, 2.45) is 29.1 Å². The smallest absolute Gasteiger partial charge is 0.321 e. The fourth-order valence-electron chi connectivity index (χ4n) is 6.89. The van der Waals surface area contributed by atoms with Crippen LogP contribution >= 0.6 is 0 Å². The third-order valence-corrected chi connectivity index (χ3v) is 8.07. The Kier molecular flexibility index (Phi) is 5.19. The lowest BCUT2D eigenvalue weighted by Crippen LogP contribution is -2.54. The number of hydrogen-bond donors (Lipinski definition) is 2. The van der Waals surface area contributed by atoms with Crippen LogP contribution in [0.1, 0.15) is 51.4 Å². The average Bonchev–Trinajstić information content (AvgIpc) is 2.73. The summed E-state index contributed by atoms with van der Waals surface area (Å²) in [6.07, 6.45) is 9.17. The molecule has 1 saturated heterocycles. The molecule has 5 nitrogen and oxygen atoms in total. The summed E-state index contributed by atoms with van der Waals surface area (Å²) in [5.41, 5.74) is 0.524. The number of carbonyl (C=O) groups is 2. The van der Waals surface area contributed by atoms with E-state index in [9.17, 15) is 14.0 Å². The van der Waals surface area contributed by atoms with E-state index in [1.165, 1.54) is 31.4 Å². The number of hydrogen-bond acceptors (Lipinski definition) is 2. The predicted octanol–water partition coefficient (Wildman–Crippen LogP) is 4.40. The summed E-state index contributed by atoms with van der Waals surface area (Å²) in [6.45, 7) is 2.10. The fourth-order valence-corrected chi connectivity index (χ4v) is 6.89. The molecule has 1 aromatic carbocycles. The van der Waals surface area contributed by atoms with E-state index in [0.29, 0.717) is 30.6 Å². The van der Waals surface area contributed by atoms with Gasteiger partial charge in [0.15, 0.2) is 0 Å². The molecule has 3 amide bonds. The van der Waals surface area contributed by atoms with Crippen molar-refractivity contribution in [3.63, 3.8) is 0 Å². The molecule has 0 unspecified atom stereocenters. The summed E-state index contributed by atoms with van der Waals surface area (Å²) in [7, 11) is 0. The molecule has 1 aromatic rings. The van der Waals surface area contributed by atoms with Gasteiger partial charge in [-0.15, -0.1) is 0 Å². The van der Waals surface area contributed by atoms with Crippen LogP contribution in [0.5, 0.6) is 0 Å². The maximum Gasteiger partial charge on any atom is 0.321 e. The van der Waals surface area contributed by atoms with Crippen LogP contribution in [0.25, 0.3) is 0 Å². The zero-order valence-electron chi connectivity index (χ0n) is 17.5. The molecule has 1 aliphatic heterocycles. The molecule has 4 saturated carbocycles. The van der Waals surface area contributed by atoms with E-state index >= 15 is 0 Å². The van der Waals surface area contributed by atoms with Gasteiger partial charge in [0.2, 0.25) is 5.91 Å². The van der Waals surface area contributed by atoms with Gasteiger partial charge < -0.3 is 15.5 Å². The topological polar surface area (TPSA) is 61.4 Å². The molecule has 0 spiro atoms. The Hall–Kier alpha value is -2.11. The van der Waals surface area contributed by atoms with Gasteiger partial charge >= 0.3 is 6.03 Å². The van der Waals surface area contributed by atoms with Crippen LogP contribution in [0.3, 0.4) is 0 Å². The van der Waals surface area contributed by atoms with Crippen LogP contribution in [0.15, 0.2) is 24.3 Å². The summed E-state index contributed by atoms with van der Waals surface area (Å²) < 4.78 is 13.0. The lowest BCUT2D eigenvalue weighted by molar-refractivity contribution is -0.146.